The van der Waals surface area contributed by atoms with E-state index in [2.05, 4.69) is 4.74 Å². The summed E-state index contributed by atoms with van der Waals surface area (Å²) in [6, 6.07) is 0. The second-order valence-corrected chi connectivity index (χ2v) is 4.10. The van der Waals surface area contributed by atoms with E-state index in [0.29, 0.717) is 25.6 Å². The maximum absolute atomic E-state index is 10.9. The topological polar surface area (TPSA) is 49.8 Å². The van der Waals surface area contributed by atoms with E-state index in [4.69, 9.17) is 0 Å². The third kappa shape index (κ3) is 1.69. The van der Waals surface area contributed by atoms with Gasteiger partial charge in [-0.05, 0) is 18.8 Å². The molecule has 0 aromatic carbocycles. The lowest BCUT2D eigenvalue weighted by atomic mass is 9.89. The molecule has 0 bridgehead atoms. The van der Waals surface area contributed by atoms with E-state index in [1.54, 1.807) is 0 Å². The first-order chi connectivity index (χ1) is 6.14. The van der Waals surface area contributed by atoms with Crippen molar-refractivity contribution >= 4 is 5.97 Å². The van der Waals surface area contributed by atoms with Crippen LogP contribution in [0.1, 0.15) is 12.8 Å². The molecule has 4 heteroatoms. The van der Waals surface area contributed by atoms with Crippen molar-refractivity contribution in [3.8, 4) is 0 Å². The predicted octanol–water partition coefficient (Wildman–Crippen LogP) is -0.384. The third-order valence-electron chi connectivity index (χ3n) is 2.91. The first-order valence-corrected chi connectivity index (χ1v) is 4.65. The fourth-order valence-corrected chi connectivity index (χ4v) is 1.97. The van der Waals surface area contributed by atoms with Crippen molar-refractivity contribution < 1.29 is 14.6 Å². The largest absolute Gasteiger partial charge is 0.468 e. The monoisotopic (exact) mass is 185 g/mol. The van der Waals surface area contributed by atoms with Crippen molar-refractivity contribution in [1.82, 2.24) is 4.90 Å². The minimum atomic E-state index is -0.492. The smallest absolute Gasteiger partial charge is 0.319 e. The molecule has 2 fully saturated rings. The van der Waals surface area contributed by atoms with Gasteiger partial charge in [0.2, 0.25) is 0 Å². The normalized spacial score (nSPS) is 26.6. The first-order valence-electron chi connectivity index (χ1n) is 4.65. The van der Waals surface area contributed by atoms with E-state index in [1.807, 2.05) is 4.90 Å². The number of rotatable bonds is 3. The van der Waals surface area contributed by atoms with E-state index >= 15 is 0 Å². The van der Waals surface area contributed by atoms with Gasteiger partial charge in [0, 0.05) is 13.1 Å². The molecule has 1 heterocycles. The van der Waals surface area contributed by atoms with Gasteiger partial charge in [-0.1, -0.05) is 0 Å². The molecule has 2 rings (SSSR count). The van der Waals surface area contributed by atoms with Crippen LogP contribution in [-0.2, 0) is 9.53 Å². The molecular formula is C9H15NO3. The Morgan fingerprint density at radius 2 is 2.23 bits per heavy atom. The summed E-state index contributed by atoms with van der Waals surface area (Å²) in [5.41, 5.74) is -0.492. The Labute approximate surface area is 77.5 Å². The number of carbonyl (C=O) groups is 1. The SMILES string of the molecule is COC(=O)CN1CC(O)(C2CC2)C1. The van der Waals surface area contributed by atoms with Gasteiger partial charge in [-0.3, -0.25) is 9.69 Å². The van der Waals surface area contributed by atoms with Gasteiger partial charge in [0.25, 0.3) is 0 Å². The molecule has 4 nitrogen and oxygen atoms in total. The molecule has 0 spiro atoms. The predicted molar refractivity (Wildman–Crippen MR) is 46.1 cm³/mol. The molecular weight excluding hydrogens is 170 g/mol. The number of ether oxygens (including phenoxy) is 1. The summed E-state index contributed by atoms with van der Waals surface area (Å²) in [5.74, 6) is 0.263. The van der Waals surface area contributed by atoms with Gasteiger partial charge < -0.3 is 9.84 Å². The van der Waals surface area contributed by atoms with Crippen molar-refractivity contribution in [3.63, 3.8) is 0 Å². The van der Waals surface area contributed by atoms with Crippen molar-refractivity contribution in [1.29, 1.82) is 0 Å². The second kappa shape index (κ2) is 2.96. The summed E-state index contributed by atoms with van der Waals surface area (Å²) in [6.45, 7) is 1.57. The summed E-state index contributed by atoms with van der Waals surface area (Å²) in [4.78, 5) is 12.8. The molecule has 1 saturated carbocycles. The Hall–Kier alpha value is -0.610. The number of nitrogens with zero attached hydrogens (tertiary/aromatic N) is 1. The van der Waals surface area contributed by atoms with Crippen LogP contribution in [0.4, 0.5) is 0 Å². The summed E-state index contributed by atoms with van der Waals surface area (Å²) in [6.07, 6.45) is 2.28. The van der Waals surface area contributed by atoms with E-state index in [1.165, 1.54) is 7.11 Å². The van der Waals surface area contributed by atoms with Crippen LogP contribution in [0.15, 0.2) is 0 Å². The molecule has 1 aliphatic carbocycles. The van der Waals surface area contributed by atoms with Crippen LogP contribution >= 0.6 is 0 Å². The molecule has 0 aromatic heterocycles. The van der Waals surface area contributed by atoms with Gasteiger partial charge in [0.1, 0.15) is 0 Å². The Kier molecular flexibility index (Phi) is 2.04. The average molecular weight is 185 g/mol. The molecule has 1 aliphatic heterocycles. The summed E-state index contributed by atoms with van der Waals surface area (Å²) in [7, 11) is 1.38. The quantitative estimate of drug-likeness (QED) is 0.609. The second-order valence-electron chi connectivity index (χ2n) is 4.10. The number of β-amino-alcohol motifs (C(OH)–C–C–N with tert-alkyl or cyclic N) is 1. The van der Waals surface area contributed by atoms with Gasteiger partial charge in [-0.15, -0.1) is 0 Å². The molecule has 74 valence electrons. The zero-order valence-electron chi connectivity index (χ0n) is 7.82. The molecule has 1 saturated heterocycles. The van der Waals surface area contributed by atoms with Crippen LogP contribution in [0.25, 0.3) is 0 Å². The van der Waals surface area contributed by atoms with Gasteiger partial charge in [0.05, 0.1) is 19.3 Å². The fourth-order valence-electron chi connectivity index (χ4n) is 1.97. The lowest BCUT2D eigenvalue weighted by Crippen LogP contribution is -2.64. The van der Waals surface area contributed by atoms with Crippen molar-refractivity contribution in [2.45, 2.75) is 18.4 Å². The standard InChI is InChI=1S/C9H15NO3/c1-13-8(11)4-10-5-9(12,6-10)7-2-3-7/h7,12H,2-6H2,1H3. The van der Waals surface area contributed by atoms with Crippen LogP contribution < -0.4 is 0 Å². The van der Waals surface area contributed by atoms with Crippen molar-refractivity contribution in [2.24, 2.45) is 5.92 Å². The third-order valence-corrected chi connectivity index (χ3v) is 2.91. The average Bonchev–Trinajstić information content (AvgIpc) is 2.83. The lowest BCUT2D eigenvalue weighted by Gasteiger charge is -2.46. The highest BCUT2D eigenvalue weighted by Gasteiger charge is 2.51. The van der Waals surface area contributed by atoms with E-state index in [-0.39, 0.29) is 5.97 Å². The van der Waals surface area contributed by atoms with Crippen molar-refractivity contribution in [2.75, 3.05) is 26.7 Å². The molecule has 0 aromatic rings. The van der Waals surface area contributed by atoms with E-state index in [0.717, 1.165) is 12.8 Å². The Morgan fingerprint density at radius 3 is 2.69 bits per heavy atom. The van der Waals surface area contributed by atoms with Crippen LogP contribution in [0, 0.1) is 5.92 Å². The zero-order chi connectivity index (χ0) is 9.47. The van der Waals surface area contributed by atoms with Crippen molar-refractivity contribution in [3.05, 3.63) is 0 Å². The molecule has 0 amide bonds. The number of likely N-dealkylation sites (tertiary alicyclic amines) is 1. The van der Waals surface area contributed by atoms with Gasteiger partial charge >= 0.3 is 5.97 Å². The Morgan fingerprint density at radius 1 is 1.62 bits per heavy atom. The molecule has 0 radical (unpaired) electrons. The molecule has 1 N–H and O–H groups in total. The molecule has 2 aliphatic rings. The minimum Gasteiger partial charge on any atom is -0.468 e. The minimum absolute atomic E-state index is 0.224. The number of hydrogen-bond acceptors (Lipinski definition) is 4. The van der Waals surface area contributed by atoms with Gasteiger partial charge in [0.15, 0.2) is 0 Å². The molecule has 0 atom stereocenters. The van der Waals surface area contributed by atoms with Crippen LogP contribution in [0.3, 0.4) is 0 Å². The van der Waals surface area contributed by atoms with Gasteiger partial charge in [-0.25, -0.2) is 0 Å². The van der Waals surface area contributed by atoms with Crippen LogP contribution in [-0.4, -0.2) is 48.3 Å². The van der Waals surface area contributed by atoms with E-state index in [9.17, 15) is 9.90 Å². The number of esters is 1. The molecule has 0 unspecified atom stereocenters. The highest BCUT2D eigenvalue weighted by molar-refractivity contribution is 5.71. The number of carbonyl (C=O) groups excluding carboxylic acids is 1. The number of hydrogen-bond donors (Lipinski definition) is 1. The first kappa shape index (κ1) is 8.97. The van der Waals surface area contributed by atoms with Crippen LogP contribution in [0.5, 0.6) is 0 Å². The summed E-state index contributed by atoms with van der Waals surface area (Å²) in [5, 5.41) is 9.91. The molecule has 13 heavy (non-hydrogen) atoms. The maximum Gasteiger partial charge on any atom is 0.319 e. The number of aliphatic hydroxyl groups is 1. The van der Waals surface area contributed by atoms with Crippen LogP contribution in [0.2, 0.25) is 0 Å². The Bertz CT molecular complexity index is 219. The highest BCUT2D eigenvalue weighted by atomic mass is 16.5. The maximum atomic E-state index is 10.9. The number of methoxy groups -OCH3 is 1. The Balaban J connectivity index is 1.74. The fraction of sp³-hybridized carbons (Fsp3) is 0.889. The van der Waals surface area contributed by atoms with Gasteiger partial charge in [-0.2, -0.15) is 0 Å². The summed E-state index contributed by atoms with van der Waals surface area (Å²) < 4.78 is 4.54. The highest BCUT2D eigenvalue weighted by Crippen LogP contribution is 2.44. The summed E-state index contributed by atoms with van der Waals surface area (Å²) >= 11 is 0. The lowest BCUT2D eigenvalue weighted by molar-refractivity contribution is -0.152. The van der Waals surface area contributed by atoms with E-state index < -0.39 is 5.60 Å². The zero-order valence-corrected chi connectivity index (χ0v) is 7.82.